The number of benzene rings is 2. The maximum Gasteiger partial charge on any atom is 0.322 e. The van der Waals surface area contributed by atoms with Gasteiger partial charge in [-0.05, 0) is 68.3 Å². The van der Waals surface area contributed by atoms with Crippen LogP contribution in [-0.4, -0.2) is 63.2 Å². The summed E-state index contributed by atoms with van der Waals surface area (Å²) in [5.41, 5.74) is 5.94. The molecule has 8 nitrogen and oxygen atoms in total. The summed E-state index contributed by atoms with van der Waals surface area (Å²) in [6, 6.07) is 17.9. The predicted octanol–water partition coefficient (Wildman–Crippen LogP) is 4.79. The minimum atomic E-state index is -0.103. The molecule has 0 radical (unpaired) electrons. The summed E-state index contributed by atoms with van der Waals surface area (Å²) in [6.07, 6.45) is 1.81. The molecule has 0 spiro atoms. The van der Waals surface area contributed by atoms with E-state index in [0.717, 1.165) is 35.8 Å². The van der Waals surface area contributed by atoms with Gasteiger partial charge in [0.25, 0.3) is 0 Å². The van der Waals surface area contributed by atoms with Crippen LogP contribution in [0.2, 0.25) is 0 Å². The Kier molecular flexibility index (Phi) is 6.86. The van der Waals surface area contributed by atoms with Gasteiger partial charge < -0.3 is 15.0 Å². The number of rotatable bonds is 6. The van der Waals surface area contributed by atoms with Gasteiger partial charge in [-0.2, -0.15) is 0 Å². The molecular formula is C28H32N6O2. The van der Waals surface area contributed by atoms with E-state index in [-0.39, 0.29) is 6.03 Å². The number of aromatic nitrogens is 3. The number of nitrogens with one attached hydrogen (secondary N) is 1. The van der Waals surface area contributed by atoms with E-state index in [2.05, 4.69) is 51.8 Å². The minimum Gasteiger partial charge on any atom is -0.492 e. The predicted molar refractivity (Wildman–Crippen MR) is 142 cm³/mol. The van der Waals surface area contributed by atoms with E-state index < -0.39 is 0 Å². The van der Waals surface area contributed by atoms with Gasteiger partial charge in [0.2, 0.25) is 0 Å². The van der Waals surface area contributed by atoms with Crippen molar-refractivity contribution in [2.24, 2.45) is 0 Å². The molecule has 1 N–H and O–H groups in total. The van der Waals surface area contributed by atoms with Crippen molar-refractivity contribution in [1.29, 1.82) is 0 Å². The zero-order valence-corrected chi connectivity index (χ0v) is 21.1. The van der Waals surface area contributed by atoms with Crippen LogP contribution in [0.1, 0.15) is 23.9 Å². The number of urea groups is 1. The Labute approximate surface area is 211 Å². The zero-order valence-electron chi connectivity index (χ0n) is 21.1. The van der Waals surface area contributed by atoms with Crippen LogP contribution in [0.5, 0.6) is 5.75 Å². The monoisotopic (exact) mass is 484 g/mol. The largest absolute Gasteiger partial charge is 0.492 e. The van der Waals surface area contributed by atoms with E-state index >= 15 is 0 Å². The van der Waals surface area contributed by atoms with Gasteiger partial charge in [-0.1, -0.05) is 18.2 Å². The lowest BCUT2D eigenvalue weighted by atomic mass is 10.1. The van der Waals surface area contributed by atoms with Gasteiger partial charge in [0.1, 0.15) is 17.1 Å². The molecular weight excluding hydrogens is 452 g/mol. The molecule has 1 aliphatic heterocycles. The van der Waals surface area contributed by atoms with Gasteiger partial charge in [0.05, 0.1) is 18.8 Å². The molecule has 36 heavy (non-hydrogen) atoms. The summed E-state index contributed by atoms with van der Waals surface area (Å²) in [4.78, 5) is 26.7. The number of nitrogens with zero attached hydrogens (tertiary/aromatic N) is 5. The number of fused-ring (bicyclic) bond motifs is 1. The van der Waals surface area contributed by atoms with E-state index in [0.29, 0.717) is 37.7 Å². The summed E-state index contributed by atoms with van der Waals surface area (Å²) in [5.74, 6) is 1.64. The van der Waals surface area contributed by atoms with E-state index in [1.165, 1.54) is 11.1 Å². The lowest BCUT2D eigenvalue weighted by Crippen LogP contribution is -2.49. The fourth-order valence-corrected chi connectivity index (χ4v) is 4.77. The molecule has 2 amide bonds. The van der Waals surface area contributed by atoms with Crippen molar-refractivity contribution in [3.05, 3.63) is 77.7 Å². The molecule has 0 atom stereocenters. The number of pyridine rings is 1. The highest BCUT2D eigenvalue weighted by Gasteiger charge is 2.24. The molecule has 186 valence electrons. The fraction of sp³-hybridized carbons (Fsp3) is 0.321. The standard InChI is InChI=1S/C28H32N6O2/c1-4-36-25-10-6-5-8-23(25)31-28(35)33-14-12-32(13-15-33)19-26-30-24-9-7-11-29-27(24)34(26)22-17-20(2)16-21(3)18-22/h5-11,16-18H,4,12-15,19H2,1-3H3,(H,31,35). The number of anilines is 1. The first kappa shape index (κ1) is 23.8. The summed E-state index contributed by atoms with van der Waals surface area (Å²) < 4.78 is 7.81. The van der Waals surface area contributed by atoms with Crippen LogP contribution in [0.25, 0.3) is 16.9 Å². The second-order valence-electron chi connectivity index (χ2n) is 9.18. The average Bonchev–Trinajstić information content (AvgIpc) is 3.23. The van der Waals surface area contributed by atoms with Gasteiger partial charge in [0.15, 0.2) is 5.65 Å². The number of piperazine rings is 1. The number of carbonyl (C=O) groups excluding carboxylic acids is 1. The number of para-hydroxylation sites is 2. The van der Waals surface area contributed by atoms with Gasteiger partial charge in [0, 0.05) is 38.1 Å². The van der Waals surface area contributed by atoms with Crippen molar-refractivity contribution in [3.8, 4) is 11.4 Å². The number of aryl methyl sites for hydroxylation is 2. The van der Waals surface area contributed by atoms with Crippen molar-refractivity contribution >= 4 is 22.9 Å². The van der Waals surface area contributed by atoms with E-state index in [1.807, 2.05) is 54.4 Å². The van der Waals surface area contributed by atoms with Gasteiger partial charge in [-0.15, -0.1) is 0 Å². The van der Waals surface area contributed by atoms with Crippen molar-refractivity contribution < 1.29 is 9.53 Å². The molecule has 1 fully saturated rings. The number of amides is 2. The fourth-order valence-electron chi connectivity index (χ4n) is 4.77. The maximum atomic E-state index is 12.9. The number of hydrogen-bond acceptors (Lipinski definition) is 5. The Morgan fingerprint density at radius 2 is 1.75 bits per heavy atom. The molecule has 1 saturated heterocycles. The van der Waals surface area contributed by atoms with Crippen LogP contribution in [0.4, 0.5) is 10.5 Å². The molecule has 8 heteroatoms. The van der Waals surface area contributed by atoms with Crippen LogP contribution in [0.3, 0.4) is 0 Å². The highest BCUT2D eigenvalue weighted by molar-refractivity contribution is 5.91. The van der Waals surface area contributed by atoms with Crippen molar-refractivity contribution in [2.75, 3.05) is 38.1 Å². The van der Waals surface area contributed by atoms with Crippen LogP contribution < -0.4 is 10.1 Å². The number of hydrogen-bond donors (Lipinski definition) is 1. The van der Waals surface area contributed by atoms with Crippen molar-refractivity contribution in [1.82, 2.24) is 24.3 Å². The number of ether oxygens (including phenoxy) is 1. The lowest BCUT2D eigenvalue weighted by molar-refractivity contribution is 0.140. The summed E-state index contributed by atoms with van der Waals surface area (Å²) in [7, 11) is 0. The molecule has 0 unspecified atom stereocenters. The van der Waals surface area contributed by atoms with Crippen molar-refractivity contribution in [2.45, 2.75) is 27.3 Å². The molecule has 5 rings (SSSR count). The quantitative estimate of drug-likeness (QED) is 0.426. The first-order valence-electron chi connectivity index (χ1n) is 12.4. The van der Waals surface area contributed by atoms with Crippen LogP contribution >= 0.6 is 0 Å². The zero-order chi connectivity index (χ0) is 25.1. The Morgan fingerprint density at radius 1 is 1.00 bits per heavy atom. The molecule has 0 saturated carbocycles. The van der Waals surface area contributed by atoms with E-state index in [4.69, 9.17) is 9.72 Å². The van der Waals surface area contributed by atoms with Crippen molar-refractivity contribution in [3.63, 3.8) is 0 Å². The Balaban J connectivity index is 1.29. The van der Waals surface area contributed by atoms with Crippen LogP contribution in [0, 0.1) is 13.8 Å². The molecule has 1 aliphatic rings. The highest BCUT2D eigenvalue weighted by atomic mass is 16.5. The minimum absolute atomic E-state index is 0.103. The summed E-state index contributed by atoms with van der Waals surface area (Å²) in [5, 5.41) is 3.01. The molecule has 3 heterocycles. The van der Waals surface area contributed by atoms with E-state index in [1.54, 1.807) is 0 Å². The molecule has 4 aromatic rings. The molecule has 0 aliphatic carbocycles. The average molecular weight is 485 g/mol. The second-order valence-corrected chi connectivity index (χ2v) is 9.18. The third kappa shape index (κ3) is 5.04. The Morgan fingerprint density at radius 3 is 2.50 bits per heavy atom. The lowest BCUT2D eigenvalue weighted by Gasteiger charge is -2.34. The normalized spacial score (nSPS) is 14.2. The Bertz CT molecular complexity index is 1350. The smallest absolute Gasteiger partial charge is 0.322 e. The van der Waals surface area contributed by atoms with Gasteiger partial charge in [-0.25, -0.2) is 14.8 Å². The number of carbonyl (C=O) groups is 1. The third-order valence-electron chi connectivity index (χ3n) is 6.40. The summed E-state index contributed by atoms with van der Waals surface area (Å²) in [6.45, 7) is 10.2. The number of imidazole rings is 1. The first-order chi connectivity index (χ1) is 17.5. The third-order valence-corrected chi connectivity index (χ3v) is 6.40. The van der Waals surface area contributed by atoms with E-state index in [9.17, 15) is 4.79 Å². The Hall–Kier alpha value is -3.91. The van der Waals surface area contributed by atoms with Crippen LogP contribution in [0.15, 0.2) is 60.8 Å². The second kappa shape index (κ2) is 10.4. The molecule has 0 bridgehead atoms. The van der Waals surface area contributed by atoms with Gasteiger partial charge >= 0.3 is 6.03 Å². The topological polar surface area (TPSA) is 75.5 Å². The van der Waals surface area contributed by atoms with Gasteiger partial charge in [-0.3, -0.25) is 9.47 Å². The highest BCUT2D eigenvalue weighted by Crippen LogP contribution is 2.25. The first-order valence-corrected chi connectivity index (χ1v) is 12.4. The summed E-state index contributed by atoms with van der Waals surface area (Å²) >= 11 is 0. The maximum absolute atomic E-state index is 12.9. The molecule has 2 aromatic carbocycles. The van der Waals surface area contributed by atoms with Crippen LogP contribution in [-0.2, 0) is 6.54 Å². The molecule has 2 aromatic heterocycles. The SMILES string of the molecule is CCOc1ccccc1NC(=O)N1CCN(Cc2nc3cccnc3n2-c2cc(C)cc(C)c2)CC1.